The summed E-state index contributed by atoms with van der Waals surface area (Å²) in [6, 6.07) is 2.02. The fraction of sp³-hybridized carbons (Fsp3) is 0.692. The monoisotopic (exact) mass is 514 g/mol. The Hall–Kier alpha value is 0.440. The summed E-state index contributed by atoms with van der Waals surface area (Å²) >= 11 is 4.25. The molecule has 0 spiro atoms. The average molecular weight is 515 g/mol. The van der Waals surface area contributed by atoms with Crippen LogP contribution in [0.4, 0.5) is 0 Å². The van der Waals surface area contributed by atoms with Crippen molar-refractivity contribution in [2.45, 2.75) is 107 Å². The van der Waals surface area contributed by atoms with Crippen LogP contribution in [0.1, 0.15) is 83.1 Å². The Morgan fingerprint density at radius 2 is 0.812 bits per heavy atom. The Morgan fingerprint density at radius 1 is 0.562 bits per heavy atom. The van der Waals surface area contributed by atoms with Gasteiger partial charge in [-0.2, -0.15) is 9.34 Å². The molecule has 0 saturated carbocycles. The third-order valence-corrected chi connectivity index (χ3v) is 21.4. The van der Waals surface area contributed by atoms with Crippen LogP contribution in [0, 0.1) is 0 Å². The topological polar surface area (TPSA) is 6.48 Å². The van der Waals surface area contributed by atoms with Gasteiger partial charge in [0.1, 0.15) is 0 Å². The molecule has 2 atom stereocenters. The largest absolute Gasteiger partial charge is 0.205 e. The first-order valence-electron chi connectivity index (χ1n) is 12.0. The number of rotatable bonds is 9. The van der Waals surface area contributed by atoms with E-state index in [0.717, 1.165) is 0 Å². The highest BCUT2D eigenvalue weighted by Crippen LogP contribution is 2.93. The van der Waals surface area contributed by atoms with Gasteiger partial charge in [0, 0.05) is 70.6 Å². The molecule has 2 heterocycles. The Morgan fingerprint density at radius 3 is 1.00 bits per heavy atom. The lowest BCUT2D eigenvalue weighted by molar-refractivity contribution is 0.323. The number of nitrogens with zero attached hydrogens (tertiary/aromatic N) is 2. The van der Waals surface area contributed by atoms with E-state index in [0.29, 0.717) is 24.2 Å². The molecule has 0 fully saturated rings. The molecule has 0 amide bonds. The zero-order valence-electron chi connectivity index (χ0n) is 23.1. The first kappa shape index (κ1) is 28.7. The van der Waals surface area contributed by atoms with Crippen LogP contribution in [0.15, 0.2) is 44.6 Å². The fourth-order valence-corrected chi connectivity index (χ4v) is 22.9. The minimum Gasteiger partial charge on any atom is -0.156 e. The summed E-state index contributed by atoms with van der Waals surface area (Å²) in [5, 5.41) is 3.37. The zero-order chi connectivity index (χ0) is 24.8. The van der Waals surface area contributed by atoms with Crippen LogP contribution in [0.5, 0.6) is 0 Å². The van der Waals surface area contributed by atoms with E-state index in [1.54, 1.807) is 10.6 Å². The van der Waals surface area contributed by atoms with Gasteiger partial charge in [0.15, 0.2) is 10.6 Å². The molecule has 0 aromatic heterocycles. The Bertz CT molecular complexity index is 768. The maximum absolute atomic E-state index is 2.85. The summed E-state index contributed by atoms with van der Waals surface area (Å²) in [7, 11) is 0. The maximum Gasteiger partial charge on any atom is 0.205 e. The SMILES string of the molecule is CS[P+]1(N(C(C)C)C(C)C)C=C(C)C(C)=C1C1=C(C)C(C)=C[P+]1(SC)N(C(C)C)C(C)C. The predicted molar refractivity (Wildman–Crippen MR) is 158 cm³/mol. The maximum atomic E-state index is 2.85. The van der Waals surface area contributed by atoms with Crippen LogP contribution in [0.3, 0.4) is 0 Å². The van der Waals surface area contributed by atoms with E-state index >= 15 is 0 Å². The van der Waals surface area contributed by atoms with Crippen LogP contribution >= 0.6 is 36.0 Å². The van der Waals surface area contributed by atoms with E-state index in [1.165, 1.54) is 22.3 Å². The molecule has 182 valence electrons. The summed E-state index contributed by atoms with van der Waals surface area (Å²) < 4.78 is 5.70. The first-order chi connectivity index (χ1) is 14.7. The van der Waals surface area contributed by atoms with E-state index in [4.69, 9.17) is 0 Å². The fourth-order valence-electron chi connectivity index (χ4n) is 5.77. The molecule has 2 unspecified atom stereocenters. The molecule has 2 aliphatic heterocycles. The standard InChI is InChI=1S/C26H48N2P2S2/c1-17(2)27(18(3)4)29(31-13)15-21(9)23(11)25(29)26-24(12)22(10)16-30(26,32-14)28(19(5)6)20(7)8/h15-20H,1-14H3/q+2. The summed E-state index contributed by atoms with van der Waals surface area (Å²) in [5.41, 5.74) is 6.03. The number of hydrogen-bond acceptors (Lipinski definition) is 4. The van der Waals surface area contributed by atoms with E-state index in [1.807, 2.05) is 0 Å². The van der Waals surface area contributed by atoms with E-state index in [-0.39, 0.29) is 0 Å². The molecule has 6 heteroatoms. The van der Waals surface area contributed by atoms with Gasteiger partial charge in [0.25, 0.3) is 0 Å². The molecule has 0 N–H and O–H groups in total. The normalized spacial score (nSPS) is 26.9. The number of hydrogen-bond donors (Lipinski definition) is 0. The molecule has 2 aliphatic rings. The van der Waals surface area contributed by atoms with Crippen LogP contribution in [0.2, 0.25) is 0 Å². The molecule has 0 aliphatic carbocycles. The summed E-state index contributed by atoms with van der Waals surface area (Å²) in [4.78, 5) is 0. The minimum absolute atomic E-state index is 0.505. The van der Waals surface area contributed by atoms with Gasteiger partial charge in [-0.05, 0) is 94.2 Å². The summed E-state index contributed by atoms with van der Waals surface area (Å²) in [6.07, 6.45) is 4.72. The van der Waals surface area contributed by atoms with Crippen LogP contribution in [-0.4, -0.2) is 46.0 Å². The predicted octanol–water partition coefficient (Wildman–Crippen LogP) is 10.0. The van der Waals surface area contributed by atoms with Gasteiger partial charge < -0.3 is 0 Å². The van der Waals surface area contributed by atoms with Crippen molar-refractivity contribution in [3.63, 3.8) is 0 Å². The van der Waals surface area contributed by atoms with Crippen molar-refractivity contribution < 1.29 is 0 Å². The van der Waals surface area contributed by atoms with Gasteiger partial charge in [-0.3, -0.25) is 0 Å². The third kappa shape index (κ3) is 4.52. The van der Waals surface area contributed by atoms with Crippen LogP contribution in [0.25, 0.3) is 0 Å². The van der Waals surface area contributed by atoms with Gasteiger partial charge in [0.05, 0.1) is 11.6 Å². The van der Waals surface area contributed by atoms with Gasteiger partial charge in [0.2, 0.25) is 13.2 Å². The molecule has 0 aromatic carbocycles. The molecular weight excluding hydrogens is 466 g/mol. The van der Waals surface area contributed by atoms with Crippen molar-refractivity contribution in [2.75, 3.05) is 12.5 Å². The van der Waals surface area contributed by atoms with Crippen LogP contribution < -0.4 is 0 Å². The van der Waals surface area contributed by atoms with Gasteiger partial charge in [-0.15, -0.1) is 0 Å². The van der Waals surface area contributed by atoms with Gasteiger partial charge >= 0.3 is 0 Å². The Labute approximate surface area is 209 Å². The molecule has 0 radical (unpaired) electrons. The molecule has 32 heavy (non-hydrogen) atoms. The van der Waals surface area contributed by atoms with Crippen molar-refractivity contribution in [1.82, 2.24) is 9.34 Å². The van der Waals surface area contributed by atoms with E-state index in [9.17, 15) is 0 Å². The highest BCUT2D eigenvalue weighted by Gasteiger charge is 2.65. The molecular formula is C26H48N2P2S2+2. The second-order valence-electron chi connectivity index (χ2n) is 10.3. The van der Waals surface area contributed by atoms with Crippen molar-refractivity contribution in [3.8, 4) is 0 Å². The van der Waals surface area contributed by atoms with Crippen molar-refractivity contribution in [1.29, 1.82) is 0 Å². The molecule has 0 bridgehead atoms. The van der Waals surface area contributed by atoms with Crippen molar-refractivity contribution in [3.05, 3.63) is 44.6 Å². The minimum atomic E-state index is -1.71. The quantitative estimate of drug-likeness (QED) is 0.282. The van der Waals surface area contributed by atoms with Crippen LogP contribution in [-0.2, 0) is 0 Å². The zero-order valence-corrected chi connectivity index (χ0v) is 26.5. The Kier molecular flexibility index (Phi) is 9.49. The van der Waals surface area contributed by atoms with Crippen molar-refractivity contribution in [2.24, 2.45) is 0 Å². The molecule has 0 aromatic rings. The highest BCUT2D eigenvalue weighted by molar-refractivity contribution is 8.65. The van der Waals surface area contributed by atoms with Crippen molar-refractivity contribution >= 4 is 36.0 Å². The summed E-state index contributed by atoms with van der Waals surface area (Å²) in [6.45, 7) is 25.2. The van der Waals surface area contributed by atoms with Gasteiger partial charge in [-0.25, -0.2) is 0 Å². The molecule has 0 saturated heterocycles. The lowest BCUT2D eigenvalue weighted by Gasteiger charge is -2.41. The lowest BCUT2D eigenvalue weighted by Crippen LogP contribution is -2.37. The Balaban J connectivity index is 2.95. The molecule has 2 nitrogen and oxygen atoms in total. The van der Waals surface area contributed by atoms with Gasteiger partial charge in [-0.1, -0.05) is 0 Å². The van der Waals surface area contributed by atoms with E-state index in [2.05, 4.69) is 139 Å². The summed E-state index contributed by atoms with van der Waals surface area (Å²) in [5.74, 6) is 5.36. The lowest BCUT2D eigenvalue weighted by atomic mass is 10.1. The smallest absolute Gasteiger partial charge is 0.156 e. The second-order valence-corrected chi connectivity index (χ2v) is 21.4. The average Bonchev–Trinajstić information content (AvgIpc) is 3.05. The second kappa shape index (κ2) is 10.6. The molecule has 2 rings (SSSR count). The third-order valence-electron chi connectivity index (χ3n) is 6.85. The number of allylic oxidation sites excluding steroid dienone is 6. The van der Waals surface area contributed by atoms with E-state index < -0.39 is 13.2 Å². The first-order valence-corrected chi connectivity index (χ1v) is 19.3. The highest BCUT2D eigenvalue weighted by atomic mass is 32.7.